The summed E-state index contributed by atoms with van der Waals surface area (Å²) in [4.78, 5) is 27.1. The Balaban J connectivity index is 2.32. The number of hydrogen-bond acceptors (Lipinski definition) is 4. The van der Waals surface area contributed by atoms with Crippen molar-refractivity contribution in [3.63, 3.8) is 0 Å². The molecule has 0 aliphatic heterocycles. The fourth-order valence-corrected chi connectivity index (χ4v) is 4.65. The van der Waals surface area contributed by atoms with Gasteiger partial charge in [0.15, 0.2) is 0 Å². The molecule has 32 heavy (non-hydrogen) atoms. The zero-order valence-corrected chi connectivity index (χ0v) is 20.8. The van der Waals surface area contributed by atoms with Crippen LogP contribution in [0.2, 0.25) is 10.0 Å². The van der Waals surface area contributed by atoms with Crippen molar-refractivity contribution in [3.05, 3.63) is 63.6 Å². The van der Waals surface area contributed by atoms with E-state index in [1.165, 1.54) is 24.1 Å². The summed E-state index contributed by atoms with van der Waals surface area (Å²) in [5, 5.41) is 3.37. The number of halogens is 2. The van der Waals surface area contributed by atoms with E-state index in [-0.39, 0.29) is 17.3 Å². The zero-order valence-electron chi connectivity index (χ0n) is 18.4. The monoisotopic (exact) mass is 499 g/mol. The van der Waals surface area contributed by atoms with Gasteiger partial charge in [0.1, 0.15) is 6.04 Å². The van der Waals surface area contributed by atoms with Crippen LogP contribution in [0.25, 0.3) is 0 Å². The third-order valence-electron chi connectivity index (χ3n) is 5.00. The third kappa shape index (κ3) is 6.22. The maximum absolute atomic E-state index is 13.2. The summed E-state index contributed by atoms with van der Waals surface area (Å²) in [5.74, 6) is -0.925. The third-order valence-corrected chi connectivity index (χ3v) is 7.52. The molecule has 1 N–H and O–H groups in total. The molecule has 2 aromatic rings. The molecule has 1 atom stereocenters. The van der Waals surface area contributed by atoms with Crippen LogP contribution < -0.4 is 5.32 Å². The molecule has 0 bridgehead atoms. The molecular weight excluding hydrogens is 473 g/mol. The van der Waals surface area contributed by atoms with E-state index < -0.39 is 28.5 Å². The van der Waals surface area contributed by atoms with Gasteiger partial charge in [0.2, 0.25) is 21.8 Å². The van der Waals surface area contributed by atoms with Gasteiger partial charge in [0.25, 0.3) is 0 Å². The average molecular weight is 500 g/mol. The molecule has 0 radical (unpaired) electrons. The predicted octanol–water partition coefficient (Wildman–Crippen LogP) is 3.48. The van der Waals surface area contributed by atoms with E-state index in [0.717, 1.165) is 9.87 Å². The molecule has 0 saturated heterocycles. The average Bonchev–Trinajstić information content (AvgIpc) is 2.73. The summed E-state index contributed by atoms with van der Waals surface area (Å²) in [6.07, 6.45) is 0. The van der Waals surface area contributed by atoms with Crippen molar-refractivity contribution in [2.75, 3.05) is 20.1 Å². The van der Waals surface area contributed by atoms with E-state index in [9.17, 15) is 18.0 Å². The lowest BCUT2D eigenvalue weighted by atomic mass is 10.1. The number of amides is 2. The van der Waals surface area contributed by atoms with Crippen molar-refractivity contribution in [1.82, 2.24) is 14.5 Å². The molecule has 10 heteroatoms. The minimum Gasteiger partial charge on any atom is -0.355 e. The van der Waals surface area contributed by atoms with E-state index in [0.29, 0.717) is 22.2 Å². The van der Waals surface area contributed by atoms with Gasteiger partial charge in [-0.15, -0.1) is 0 Å². The highest BCUT2D eigenvalue weighted by Crippen LogP contribution is 2.27. The fourth-order valence-electron chi connectivity index (χ4n) is 3.01. The topological polar surface area (TPSA) is 86.8 Å². The number of carbonyl (C=O) groups excluding carboxylic acids is 2. The van der Waals surface area contributed by atoms with Crippen molar-refractivity contribution in [1.29, 1.82) is 0 Å². The summed E-state index contributed by atoms with van der Waals surface area (Å²) in [6, 6.07) is 10.4. The Morgan fingerprint density at radius 2 is 1.62 bits per heavy atom. The molecule has 174 valence electrons. The second-order valence-electron chi connectivity index (χ2n) is 7.37. The van der Waals surface area contributed by atoms with Crippen LogP contribution in [0, 0.1) is 6.92 Å². The van der Waals surface area contributed by atoms with Gasteiger partial charge in [-0.3, -0.25) is 9.59 Å². The van der Waals surface area contributed by atoms with Crippen LogP contribution in [0.4, 0.5) is 0 Å². The summed E-state index contributed by atoms with van der Waals surface area (Å²) in [6.45, 7) is 5.08. The molecule has 0 aromatic heterocycles. The quantitative estimate of drug-likeness (QED) is 0.571. The molecule has 0 aliphatic rings. The number of rotatable bonds is 9. The molecular formula is C22H27Cl2N3O4S. The number of nitrogens with zero attached hydrogens (tertiary/aromatic N) is 2. The van der Waals surface area contributed by atoms with Crippen molar-refractivity contribution in [2.45, 2.75) is 38.3 Å². The Bertz CT molecular complexity index is 1050. The van der Waals surface area contributed by atoms with Crippen molar-refractivity contribution >= 4 is 45.0 Å². The number of hydrogen-bond donors (Lipinski definition) is 1. The number of benzene rings is 2. The molecule has 2 amide bonds. The van der Waals surface area contributed by atoms with Gasteiger partial charge in [-0.2, -0.15) is 4.31 Å². The number of nitrogens with one attached hydrogen (secondary N) is 1. The Hall–Kier alpha value is -2.13. The second kappa shape index (κ2) is 11.1. The van der Waals surface area contributed by atoms with Gasteiger partial charge < -0.3 is 10.2 Å². The molecule has 0 heterocycles. The highest BCUT2D eigenvalue weighted by molar-refractivity contribution is 7.89. The van der Waals surface area contributed by atoms with Crippen LogP contribution >= 0.6 is 23.2 Å². The predicted molar refractivity (Wildman–Crippen MR) is 126 cm³/mol. The van der Waals surface area contributed by atoms with Crippen molar-refractivity contribution in [3.8, 4) is 0 Å². The molecule has 0 fully saturated rings. The van der Waals surface area contributed by atoms with Crippen molar-refractivity contribution < 1.29 is 18.0 Å². The van der Waals surface area contributed by atoms with Gasteiger partial charge in [-0.25, -0.2) is 8.42 Å². The molecule has 7 nitrogen and oxygen atoms in total. The molecule has 0 aliphatic carbocycles. The fraction of sp³-hybridized carbons (Fsp3) is 0.364. The normalized spacial score (nSPS) is 12.5. The lowest BCUT2D eigenvalue weighted by Crippen LogP contribution is -2.50. The minimum atomic E-state index is -3.90. The first-order valence-corrected chi connectivity index (χ1v) is 12.2. The minimum absolute atomic E-state index is 0.0476. The first-order chi connectivity index (χ1) is 15.0. The van der Waals surface area contributed by atoms with Crippen molar-refractivity contribution in [2.24, 2.45) is 0 Å². The highest BCUT2D eigenvalue weighted by Gasteiger charge is 2.30. The van der Waals surface area contributed by atoms with Gasteiger partial charge in [-0.1, -0.05) is 47.0 Å². The lowest BCUT2D eigenvalue weighted by molar-refractivity contribution is -0.140. The summed E-state index contributed by atoms with van der Waals surface area (Å²) < 4.78 is 26.8. The Morgan fingerprint density at radius 1 is 1.06 bits per heavy atom. The van der Waals surface area contributed by atoms with E-state index >= 15 is 0 Å². The number of likely N-dealkylation sites (N-methyl/N-ethyl adjacent to an activating group) is 2. The SMILES string of the molecule is CCNC(=O)[C@@H](C)N(Cc1c(Cl)cccc1Cl)C(=O)CN(C)S(=O)(=O)c1ccc(C)cc1. The Morgan fingerprint density at radius 3 is 2.16 bits per heavy atom. The van der Waals surface area contributed by atoms with Gasteiger partial charge in [-0.05, 0) is 45.0 Å². The molecule has 0 saturated carbocycles. The lowest BCUT2D eigenvalue weighted by Gasteiger charge is -2.30. The van der Waals surface area contributed by atoms with Crippen LogP contribution in [0.15, 0.2) is 47.4 Å². The number of aryl methyl sites for hydroxylation is 1. The molecule has 0 spiro atoms. The van der Waals surface area contributed by atoms with Crippen LogP contribution in [-0.2, 0) is 26.2 Å². The van der Waals surface area contributed by atoms with E-state index in [4.69, 9.17) is 23.2 Å². The smallest absolute Gasteiger partial charge is 0.243 e. The number of sulfonamides is 1. The summed E-state index contributed by atoms with van der Waals surface area (Å²) in [5.41, 5.74) is 1.39. The molecule has 2 rings (SSSR count). The van der Waals surface area contributed by atoms with Crippen LogP contribution in [0.3, 0.4) is 0 Å². The molecule has 0 unspecified atom stereocenters. The Kier molecular flexibility index (Phi) is 9.09. The highest BCUT2D eigenvalue weighted by atomic mass is 35.5. The van der Waals surface area contributed by atoms with Gasteiger partial charge >= 0.3 is 0 Å². The standard InChI is InChI=1S/C22H27Cl2N3O4S/c1-5-25-22(29)16(3)27(13-18-19(23)7-6-8-20(18)24)21(28)14-26(4)32(30,31)17-11-9-15(2)10-12-17/h6-12,16H,5,13-14H2,1-4H3,(H,25,29)/t16-/m1/s1. The second-order valence-corrected chi connectivity index (χ2v) is 10.2. The first-order valence-electron chi connectivity index (χ1n) is 10.0. The first kappa shape index (κ1) is 26.1. The zero-order chi connectivity index (χ0) is 24.1. The molecule has 2 aromatic carbocycles. The maximum atomic E-state index is 13.2. The summed E-state index contributed by atoms with van der Waals surface area (Å²) in [7, 11) is -2.57. The van der Waals surface area contributed by atoms with Gasteiger partial charge in [0, 0.05) is 35.7 Å². The van der Waals surface area contributed by atoms with E-state index in [1.54, 1.807) is 44.2 Å². The Labute approximate surface area is 199 Å². The van der Waals surface area contributed by atoms with Gasteiger partial charge in [0.05, 0.1) is 11.4 Å². The van der Waals surface area contributed by atoms with Crippen LogP contribution in [0.1, 0.15) is 25.0 Å². The number of carbonyl (C=O) groups is 2. The van der Waals surface area contributed by atoms with Crippen LogP contribution in [0.5, 0.6) is 0 Å². The summed E-state index contributed by atoms with van der Waals surface area (Å²) >= 11 is 12.5. The van der Waals surface area contributed by atoms with Crippen LogP contribution in [-0.4, -0.2) is 55.6 Å². The van der Waals surface area contributed by atoms with E-state index in [2.05, 4.69) is 5.32 Å². The maximum Gasteiger partial charge on any atom is 0.243 e. The van der Waals surface area contributed by atoms with E-state index in [1.807, 2.05) is 6.92 Å². The largest absolute Gasteiger partial charge is 0.355 e.